The lowest BCUT2D eigenvalue weighted by atomic mass is 10.0. The van der Waals surface area contributed by atoms with Gasteiger partial charge in [0, 0.05) is 24.0 Å². The lowest BCUT2D eigenvalue weighted by Crippen LogP contribution is -2.36. The molecular weight excluding hydrogens is 416 g/mol. The highest BCUT2D eigenvalue weighted by molar-refractivity contribution is 7.17. The summed E-state index contributed by atoms with van der Waals surface area (Å²) in [7, 11) is 0. The minimum atomic E-state index is -0.337. The molecule has 0 fully saturated rings. The molecule has 2 N–H and O–H groups in total. The predicted octanol–water partition coefficient (Wildman–Crippen LogP) is 4.43. The molecule has 2 amide bonds. The molecule has 0 radical (unpaired) electrons. The van der Waals surface area contributed by atoms with Gasteiger partial charge < -0.3 is 10.0 Å². The second-order valence-electron chi connectivity index (χ2n) is 6.46. The van der Waals surface area contributed by atoms with E-state index in [9.17, 15) is 9.90 Å². The largest absolute Gasteiger partial charge is 0.395 e. The van der Waals surface area contributed by atoms with Crippen LogP contribution in [-0.2, 0) is 6.54 Å². The van der Waals surface area contributed by atoms with Gasteiger partial charge in [0.2, 0.25) is 0 Å². The lowest BCUT2D eigenvalue weighted by Gasteiger charge is -2.22. The highest BCUT2D eigenvalue weighted by atomic mass is 32.1. The first-order valence-electron chi connectivity index (χ1n) is 9.18. The topological polar surface area (TPSA) is 78.4 Å². The van der Waals surface area contributed by atoms with Gasteiger partial charge in [0.25, 0.3) is 0 Å². The van der Waals surface area contributed by atoms with E-state index in [-0.39, 0.29) is 19.2 Å². The van der Waals surface area contributed by atoms with E-state index in [0.717, 1.165) is 26.9 Å². The van der Waals surface area contributed by atoms with Gasteiger partial charge in [-0.05, 0) is 23.1 Å². The molecule has 0 bridgehead atoms. The van der Waals surface area contributed by atoms with Crippen LogP contribution < -0.4 is 5.32 Å². The summed E-state index contributed by atoms with van der Waals surface area (Å²) in [5.41, 5.74) is 6.03. The number of rotatable bonds is 6. The van der Waals surface area contributed by atoms with E-state index in [1.165, 1.54) is 16.2 Å². The van der Waals surface area contributed by atoms with Crippen molar-refractivity contribution in [2.24, 2.45) is 0 Å². The van der Waals surface area contributed by atoms with Crippen LogP contribution in [-0.4, -0.2) is 39.2 Å². The second kappa shape index (κ2) is 9.05. The Morgan fingerprint density at radius 1 is 1.20 bits per heavy atom. The molecule has 0 aliphatic heterocycles. The Balaban J connectivity index is 1.49. The van der Waals surface area contributed by atoms with Crippen LogP contribution in [0.5, 0.6) is 0 Å². The molecule has 4 aromatic rings. The molecule has 0 aliphatic rings. The summed E-state index contributed by atoms with van der Waals surface area (Å²) in [6.07, 6.45) is 5.32. The van der Waals surface area contributed by atoms with E-state index in [0.29, 0.717) is 17.4 Å². The Bertz CT molecular complexity index is 1210. The van der Waals surface area contributed by atoms with E-state index < -0.39 is 0 Å². The summed E-state index contributed by atoms with van der Waals surface area (Å²) in [5.74, 6) is 2.85. The number of hydrogen-bond acceptors (Lipinski definition) is 6. The number of anilines is 1. The lowest BCUT2D eigenvalue weighted by molar-refractivity contribution is 0.185. The first-order valence-corrected chi connectivity index (χ1v) is 10.9. The SMILES string of the molecule is C#Cc1nc(NC(=O)N(CCO)Cc2ccc(-c3cccc4ncsc34)cc2)cs1. The molecule has 8 heteroatoms. The smallest absolute Gasteiger partial charge is 0.323 e. The number of terminal acetylenes is 1. The number of fused-ring (bicyclic) bond motifs is 1. The quantitative estimate of drug-likeness (QED) is 0.440. The molecular formula is C22H18N4O2S2. The van der Waals surface area contributed by atoms with Gasteiger partial charge in [-0.15, -0.1) is 29.1 Å². The van der Waals surface area contributed by atoms with Crippen molar-refractivity contribution in [2.45, 2.75) is 6.54 Å². The molecule has 2 aromatic heterocycles. The Kier molecular flexibility index (Phi) is 6.05. The van der Waals surface area contributed by atoms with E-state index in [1.54, 1.807) is 16.7 Å². The first kappa shape index (κ1) is 20.0. The van der Waals surface area contributed by atoms with Gasteiger partial charge in [-0.25, -0.2) is 14.8 Å². The van der Waals surface area contributed by atoms with Crippen molar-refractivity contribution in [3.05, 3.63) is 63.9 Å². The molecule has 2 aromatic carbocycles. The first-order chi connectivity index (χ1) is 14.7. The fourth-order valence-corrected chi connectivity index (χ4v) is 4.46. The van der Waals surface area contributed by atoms with Crippen molar-refractivity contribution in [3.63, 3.8) is 0 Å². The van der Waals surface area contributed by atoms with Crippen LogP contribution in [0.3, 0.4) is 0 Å². The number of thiazole rings is 2. The van der Waals surface area contributed by atoms with E-state index in [2.05, 4.69) is 27.3 Å². The van der Waals surface area contributed by atoms with Gasteiger partial charge in [-0.3, -0.25) is 5.32 Å². The summed E-state index contributed by atoms with van der Waals surface area (Å²) in [6.45, 7) is 0.439. The maximum absolute atomic E-state index is 12.6. The van der Waals surface area contributed by atoms with Crippen molar-refractivity contribution < 1.29 is 9.90 Å². The molecule has 0 spiro atoms. The van der Waals surface area contributed by atoms with Gasteiger partial charge in [0.15, 0.2) is 5.01 Å². The minimum absolute atomic E-state index is 0.133. The molecule has 2 heterocycles. The second-order valence-corrected chi connectivity index (χ2v) is 8.17. The van der Waals surface area contributed by atoms with E-state index >= 15 is 0 Å². The summed E-state index contributed by atoms with van der Waals surface area (Å²) in [6, 6.07) is 13.8. The zero-order valence-electron chi connectivity index (χ0n) is 15.9. The van der Waals surface area contributed by atoms with Crippen molar-refractivity contribution >= 4 is 44.7 Å². The fraction of sp³-hybridized carbons (Fsp3) is 0.136. The third-order valence-electron chi connectivity index (χ3n) is 4.51. The molecule has 30 heavy (non-hydrogen) atoms. The summed E-state index contributed by atoms with van der Waals surface area (Å²) in [4.78, 5) is 22.7. The monoisotopic (exact) mass is 434 g/mol. The molecule has 4 rings (SSSR count). The number of urea groups is 1. The summed E-state index contributed by atoms with van der Waals surface area (Å²) >= 11 is 2.91. The molecule has 0 unspecified atom stereocenters. The predicted molar refractivity (Wildman–Crippen MR) is 122 cm³/mol. The molecule has 0 aliphatic carbocycles. The van der Waals surface area contributed by atoms with Gasteiger partial charge in [0.1, 0.15) is 5.82 Å². The van der Waals surface area contributed by atoms with Crippen molar-refractivity contribution in [1.82, 2.24) is 14.9 Å². The van der Waals surface area contributed by atoms with E-state index in [4.69, 9.17) is 6.42 Å². The molecule has 6 nitrogen and oxygen atoms in total. The van der Waals surface area contributed by atoms with Crippen molar-refractivity contribution in [1.29, 1.82) is 0 Å². The zero-order valence-corrected chi connectivity index (χ0v) is 17.5. The minimum Gasteiger partial charge on any atom is -0.395 e. The number of aliphatic hydroxyl groups is 1. The normalized spacial score (nSPS) is 10.7. The Morgan fingerprint density at radius 3 is 2.77 bits per heavy atom. The Labute approximate surface area is 181 Å². The average Bonchev–Trinajstić information content (AvgIpc) is 3.43. The highest BCUT2D eigenvalue weighted by Gasteiger charge is 2.15. The van der Waals surface area contributed by atoms with Gasteiger partial charge in [-0.2, -0.15) is 0 Å². The van der Waals surface area contributed by atoms with Gasteiger partial charge in [-0.1, -0.05) is 36.4 Å². The molecule has 150 valence electrons. The van der Waals surface area contributed by atoms with Crippen LogP contribution in [0.15, 0.2) is 53.4 Å². The third-order valence-corrected chi connectivity index (χ3v) is 6.16. The summed E-state index contributed by atoms with van der Waals surface area (Å²) in [5, 5.41) is 14.3. The standard InChI is InChI=1S/C22H18N4O2S2/c1-2-20-24-19(13-29-20)25-22(28)26(10-11-27)12-15-6-8-16(9-7-15)17-4-3-5-18-21(17)30-14-23-18/h1,3-9,13-14,27H,10-12H2,(H,25,28). The fourth-order valence-electron chi connectivity index (χ4n) is 3.08. The maximum atomic E-state index is 12.6. The Morgan fingerprint density at radius 2 is 2.03 bits per heavy atom. The summed E-state index contributed by atoms with van der Waals surface area (Å²) < 4.78 is 1.15. The number of aromatic nitrogens is 2. The van der Waals surface area contributed by atoms with Crippen LogP contribution in [0.4, 0.5) is 10.6 Å². The van der Waals surface area contributed by atoms with Crippen LogP contribution in [0, 0.1) is 12.3 Å². The zero-order chi connectivity index (χ0) is 20.9. The van der Waals surface area contributed by atoms with Crippen LogP contribution in [0.25, 0.3) is 21.3 Å². The van der Waals surface area contributed by atoms with Crippen LogP contribution >= 0.6 is 22.7 Å². The number of carbonyl (C=O) groups excluding carboxylic acids is 1. The van der Waals surface area contributed by atoms with E-state index in [1.807, 2.05) is 41.9 Å². The number of aliphatic hydroxyl groups excluding tert-OH is 1. The number of amides is 2. The maximum Gasteiger partial charge on any atom is 0.323 e. The molecule has 0 saturated carbocycles. The van der Waals surface area contributed by atoms with Gasteiger partial charge >= 0.3 is 6.03 Å². The number of carbonyl (C=O) groups is 1. The van der Waals surface area contributed by atoms with Crippen LogP contribution in [0.1, 0.15) is 10.6 Å². The third kappa shape index (κ3) is 4.33. The van der Waals surface area contributed by atoms with Crippen LogP contribution in [0.2, 0.25) is 0 Å². The number of benzene rings is 2. The number of hydrogen-bond donors (Lipinski definition) is 2. The Hall–Kier alpha value is -3.25. The molecule has 0 atom stereocenters. The van der Waals surface area contributed by atoms with Crippen molar-refractivity contribution in [3.8, 4) is 23.5 Å². The molecule has 0 saturated heterocycles. The number of nitrogens with zero attached hydrogens (tertiary/aromatic N) is 3. The number of nitrogens with one attached hydrogen (secondary N) is 1. The van der Waals surface area contributed by atoms with Crippen molar-refractivity contribution in [2.75, 3.05) is 18.5 Å². The van der Waals surface area contributed by atoms with Gasteiger partial charge in [0.05, 0.1) is 22.3 Å². The average molecular weight is 435 g/mol. The highest BCUT2D eigenvalue weighted by Crippen LogP contribution is 2.31.